The van der Waals surface area contributed by atoms with Gasteiger partial charge < -0.3 is 5.11 Å². The molecular formula is C9H8F4N2O4S. The molecule has 1 aromatic rings. The molecule has 0 saturated heterocycles. The molecule has 0 aliphatic heterocycles. The van der Waals surface area contributed by atoms with Crippen LogP contribution >= 0.6 is 0 Å². The summed E-state index contributed by atoms with van der Waals surface area (Å²) in [5.41, 5.74) is -1.21. The number of nitrogens with one attached hydrogen (secondary N) is 2. The number of aromatic carboxylic acids is 1. The third-order valence-electron chi connectivity index (χ3n) is 1.92. The highest BCUT2D eigenvalue weighted by atomic mass is 32.2. The average Bonchev–Trinajstić information content (AvgIpc) is 2.28. The van der Waals surface area contributed by atoms with Crippen molar-refractivity contribution in [1.29, 1.82) is 0 Å². The highest BCUT2D eigenvalue weighted by molar-refractivity contribution is 7.90. The Morgan fingerprint density at radius 2 is 1.90 bits per heavy atom. The number of rotatable bonds is 5. The van der Waals surface area contributed by atoms with E-state index in [0.29, 0.717) is 12.1 Å². The van der Waals surface area contributed by atoms with Gasteiger partial charge in [0, 0.05) is 0 Å². The first-order chi connectivity index (χ1) is 9.00. The summed E-state index contributed by atoms with van der Waals surface area (Å²) >= 11 is 0. The lowest BCUT2D eigenvalue weighted by molar-refractivity contribution is -0.121. The van der Waals surface area contributed by atoms with Crippen LogP contribution in [-0.4, -0.2) is 32.2 Å². The molecular weight excluding hydrogens is 308 g/mol. The Kier molecular flexibility index (Phi) is 4.55. The Morgan fingerprint density at radius 3 is 2.40 bits per heavy atom. The van der Waals surface area contributed by atoms with E-state index < -0.39 is 46.0 Å². The van der Waals surface area contributed by atoms with Gasteiger partial charge in [0.25, 0.3) is 10.2 Å². The first-order valence-corrected chi connectivity index (χ1v) is 6.35. The van der Waals surface area contributed by atoms with Crippen molar-refractivity contribution in [3.63, 3.8) is 0 Å². The number of carboxylic acid groups (broad SMARTS) is 1. The van der Waals surface area contributed by atoms with E-state index in [0.717, 1.165) is 10.8 Å². The summed E-state index contributed by atoms with van der Waals surface area (Å²) in [6, 6.07) is 2.19. The molecule has 1 aromatic carbocycles. The molecule has 0 saturated carbocycles. The number of hydrogen-bond donors (Lipinski definition) is 3. The number of halogens is 4. The standard InChI is InChI=1S/C9H8F4N2O4S/c10-6-2-1-5(8(16)17)3-7(6)15-20(18,19)14-4-9(11,12)13/h1-3,14-15H,4H2,(H,16,17). The summed E-state index contributed by atoms with van der Waals surface area (Å²) in [6.45, 7) is -1.84. The van der Waals surface area contributed by atoms with Crippen LogP contribution < -0.4 is 9.44 Å². The predicted molar refractivity (Wildman–Crippen MR) is 60.0 cm³/mol. The number of anilines is 1. The second-order valence-electron chi connectivity index (χ2n) is 3.54. The average molecular weight is 316 g/mol. The second kappa shape index (κ2) is 5.63. The molecule has 0 aromatic heterocycles. The highest BCUT2D eigenvalue weighted by Gasteiger charge is 2.29. The molecule has 11 heteroatoms. The molecule has 0 radical (unpaired) electrons. The summed E-state index contributed by atoms with van der Waals surface area (Å²) in [6.07, 6.45) is -4.78. The van der Waals surface area contributed by atoms with Crippen LogP contribution in [0.25, 0.3) is 0 Å². The maximum Gasteiger partial charge on any atom is 0.402 e. The lowest BCUT2D eigenvalue weighted by Gasteiger charge is -2.12. The van der Waals surface area contributed by atoms with Crippen molar-refractivity contribution in [2.75, 3.05) is 11.3 Å². The zero-order valence-electron chi connectivity index (χ0n) is 9.53. The van der Waals surface area contributed by atoms with E-state index in [2.05, 4.69) is 0 Å². The number of alkyl halides is 3. The maximum atomic E-state index is 13.3. The first kappa shape index (κ1) is 16.2. The van der Waals surface area contributed by atoms with E-state index >= 15 is 0 Å². The molecule has 20 heavy (non-hydrogen) atoms. The van der Waals surface area contributed by atoms with E-state index in [4.69, 9.17) is 5.11 Å². The fraction of sp³-hybridized carbons (Fsp3) is 0.222. The number of hydrogen-bond acceptors (Lipinski definition) is 3. The molecule has 6 nitrogen and oxygen atoms in total. The molecule has 0 unspecified atom stereocenters. The molecule has 0 spiro atoms. The highest BCUT2D eigenvalue weighted by Crippen LogP contribution is 2.18. The van der Waals surface area contributed by atoms with E-state index in [1.54, 1.807) is 0 Å². The molecule has 0 atom stereocenters. The summed E-state index contributed by atoms with van der Waals surface area (Å²) in [7, 11) is -4.69. The van der Waals surface area contributed by atoms with Crippen LogP contribution in [0.5, 0.6) is 0 Å². The van der Waals surface area contributed by atoms with Gasteiger partial charge in [-0.05, 0) is 18.2 Å². The number of carboxylic acids is 1. The van der Waals surface area contributed by atoms with Crippen LogP contribution in [0.1, 0.15) is 10.4 Å². The van der Waals surface area contributed by atoms with Gasteiger partial charge in [0.1, 0.15) is 12.4 Å². The van der Waals surface area contributed by atoms with Crippen LogP contribution in [0.15, 0.2) is 18.2 Å². The van der Waals surface area contributed by atoms with Crippen LogP contribution in [0.2, 0.25) is 0 Å². The Hall–Kier alpha value is -1.88. The van der Waals surface area contributed by atoms with E-state index in [1.807, 2.05) is 0 Å². The summed E-state index contributed by atoms with van der Waals surface area (Å²) in [5.74, 6) is -2.58. The van der Waals surface area contributed by atoms with Crippen LogP contribution in [0.4, 0.5) is 23.2 Å². The van der Waals surface area contributed by atoms with Crippen molar-refractivity contribution < 1.29 is 35.9 Å². The minimum Gasteiger partial charge on any atom is -0.478 e. The van der Waals surface area contributed by atoms with Gasteiger partial charge in [-0.2, -0.15) is 26.3 Å². The monoisotopic (exact) mass is 316 g/mol. The molecule has 3 N–H and O–H groups in total. The molecule has 112 valence electrons. The minimum absolute atomic E-state index is 0.431. The van der Waals surface area contributed by atoms with Crippen molar-refractivity contribution >= 4 is 21.9 Å². The van der Waals surface area contributed by atoms with Gasteiger partial charge in [-0.1, -0.05) is 0 Å². The lowest BCUT2D eigenvalue weighted by Crippen LogP contribution is -2.37. The molecule has 0 fully saturated rings. The van der Waals surface area contributed by atoms with Gasteiger partial charge in [0.05, 0.1) is 11.3 Å². The zero-order valence-corrected chi connectivity index (χ0v) is 10.3. The van der Waals surface area contributed by atoms with Gasteiger partial charge in [-0.3, -0.25) is 4.72 Å². The summed E-state index contributed by atoms with van der Waals surface area (Å²) < 4.78 is 74.0. The number of carbonyl (C=O) groups is 1. The Morgan fingerprint density at radius 1 is 1.30 bits per heavy atom. The van der Waals surface area contributed by atoms with Gasteiger partial charge in [-0.15, -0.1) is 0 Å². The topological polar surface area (TPSA) is 95.5 Å². The summed E-state index contributed by atoms with van der Waals surface area (Å²) in [4.78, 5) is 10.6. The quantitative estimate of drug-likeness (QED) is 0.714. The van der Waals surface area contributed by atoms with Gasteiger partial charge in [0.15, 0.2) is 0 Å². The van der Waals surface area contributed by atoms with E-state index in [9.17, 15) is 30.8 Å². The fourth-order valence-electron chi connectivity index (χ4n) is 1.09. The normalized spacial score (nSPS) is 12.2. The molecule has 1 rings (SSSR count). The van der Waals surface area contributed by atoms with Crippen LogP contribution in [-0.2, 0) is 10.2 Å². The molecule has 0 bridgehead atoms. The molecule has 0 heterocycles. The molecule has 0 aliphatic rings. The fourth-order valence-corrected chi connectivity index (χ4v) is 1.97. The first-order valence-electron chi connectivity index (χ1n) is 4.87. The van der Waals surface area contributed by atoms with Crippen molar-refractivity contribution in [3.05, 3.63) is 29.6 Å². The smallest absolute Gasteiger partial charge is 0.402 e. The van der Waals surface area contributed by atoms with Gasteiger partial charge in [0.2, 0.25) is 0 Å². The van der Waals surface area contributed by atoms with E-state index in [-0.39, 0.29) is 0 Å². The number of benzene rings is 1. The predicted octanol–water partition coefficient (Wildman–Crippen LogP) is 1.33. The largest absolute Gasteiger partial charge is 0.478 e. The van der Waals surface area contributed by atoms with Crippen molar-refractivity contribution in [2.24, 2.45) is 0 Å². The maximum absolute atomic E-state index is 13.3. The van der Waals surface area contributed by atoms with E-state index in [1.165, 1.54) is 4.72 Å². The zero-order chi connectivity index (χ0) is 15.6. The lowest BCUT2D eigenvalue weighted by atomic mass is 10.2. The Bertz CT molecular complexity index is 615. The Labute approximate surface area is 110 Å². The van der Waals surface area contributed by atoms with Crippen molar-refractivity contribution in [3.8, 4) is 0 Å². The van der Waals surface area contributed by atoms with Crippen molar-refractivity contribution in [1.82, 2.24) is 4.72 Å². The minimum atomic E-state index is -4.78. The van der Waals surface area contributed by atoms with Gasteiger partial charge in [-0.25, -0.2) is 9.18 Å². The SMILES string of the molecule is O=C(O)c1ccc(F)c(NS(=O)(=O)NCC(F)(F)F)c1. The van der Waals surface area contributed by atoms with Gasteiger partial charge >= 0.3 is 12.1 Å². The Balaban J connectivity index is 2.92. The third-order valence-corrected chi connectivity index (χ3v) is 2.93. The van der Waals surface area contributed by atoms with Crippen LogP contribution in [0.3, 0.4) is 0 Å². The molecule has 0 aliphatic carbocycles. The summed E-state index contributed by atoms with van der Waals surface area (Å²) in [5, 5.41) is 8.64. The molecule has 0 amide bonds. The van der Waals surface area contributed by atoms with Crippen LogP contribution in [0, 0.1) is 5.82 Å². The third kappa shape index (κ3) is 5.01. The van der Waals surface area contributed by atoms with Crippen molar-refractivity contribution in [2.45, 2.75) is 6.18 Å². The second-order valence-corrected chi connectivity index (χ2v) is 5.04.